The van der Waals surface area contributed by atoms with Crippen LogP contribution in [0, 0.1) is 0 Å². The molecule has 0 spiro atoms. The van der Waals surface area contributed by atoms with Crippen molar-refractivity contribution in [3.63, 3.8) is 0 Å². The molecule has 1 aliphatic carbocycles. The van der Waals surface area contributed by atoms with E-state index < -0.39 is 123 Å². The molecule has 0 radical (unpaired) electrons. The van der Waals surface area contributed by atoms with Crippen molar-refractivity contribution in [3.05, 3.63) is 94.4 Å². The highest BCUT2D eigenvalue weighted by Gasteiger charge is 2.50. The van der Waals surface area contributed by atoms with E-state index in [1.165, 1.54) is 50.5 Å². The lowest BCUT2D eigenvalue weighted by Gasteiger charge is -2.32. The molecule has 3 heterocycles. The van der Waals surface area contributed by atoms with Gasteiger partial charge in [0.15, 0.2) is 5.71 Å². The highest BCUT2D eigenvalue weighted by molar-refractivity contribution is 7.87. The summed E-state index contributed by atoms with van der Waals surface area (Å²) in [6.45, 7) is 4.65. The minimum Gasteiger partial charge on any atom is -0.506 e. The number of hydrogen-bond donors (Lipinski definition) is 6. The number of amides is 2. The van der Waals surface area contributed by atoms with Gasteiger partial charge in [-0.2, -0.15) is 46.7 Å². The molecule has 1 atom stereocenters. The van der Waals surface area contributed by atoms with E-state index in [2.05, 4.69) is 0 Å². The van der Waals surface area contributed by atoms with Crippen molar-refractivity contribution in [2.45, 2.75) is 89.7 Å². The molecule has 4 aromatic rings. The van der Waals surface area contributed by atoms with Crippen LogP contribution in [0.5, 0.6) is 0 Å². The smallest absolute Gasteiger partial charge is 0.333 e. The lowest BCUT2D eigenvalue weighted by molar-refractivity contribution is -0.438. The summed E-state index contributed by atoms with van der Waals surface area (Å²) in [5.74, 6) is -4.73. The number of hydroxylamine groups is 2. The van der Waals surface area contributed by atoms with E-state index in [0.29, 0.717) is 17.2 Å². The molecule has 80 heavy (non-hydrogen) atoms. The molecule has 26 nitrogen and oxygen atoms in total. The fourth-order valence-corrected chi connectivity index (χ4v) is 13.9. The molecule has 0 bridgehead atoms. The minimum absolute atomic E-state index is 0.0765. The van der Waals surface area contributed by atoms with E-state index >= 15 is 0 Å². The summed E-state index contributed by atoms with van der Waals surface area (Å²) in [5.41, 5.74) is -2.74. The van der Waals surface area contributed by atoms with Gasteiger partial charge in [-0.15, -0.1) is 5.06 Å². The summed E-state index contributed by atoms with van der Waals surface area (Å²) in [5, 5.41) is 11.7. The number of methoxy groups -OCH3 is 1. The summed E-state index contributed by atoms with van der Waals surface area (Å²) in [4.78, 5) is 55.0. The summed E-state index contributed by atoms with van der Waals surface area (Å²) in [6, 6.07) is 8.34. The normalized spacial score (nSPS) is 19.8. The second-order valence-electron chi connectivity index (χ2n) is 19.8. The molecule has 0 saturated carbocycles. The number of carbonyl (C=O) groups excluding carboxylic acids is 4. The van der Waals surface area contributed by atoms with Gasteiger partial charge in [0.2, 0.25) is 11.5 Å². The Morgan fingerprint density at radius 3 is 1.79 bits per heavy atom. The molecule has 8 rings (SSSR count). The van der Waals surface area contributed by atoms with Crippen molar-refractivity contribution in [3.8, 4) is 0 Å². The number of fused-ring (bicyclic) bond motifs is 6. The van der Waals surface area contributed by atoms with E-state index in [-0.39, 0.29) is 132 Å². The molecule has 430 valence electrons. The first-order valence-electron chi connectivity index (χ1n) is 24.1. The van der Waals surface area contributed by atoms with Crippen molar-refractivity contribution >= 4 is 113 Å². The molecule has 1 fully saturated rings. The summed E-state index contributed by atoms with van der Waals surface area (Å²) < 4.78 is 189. The predicted octanol–water partition coefficient (Wildman–Crippen LogP) is 4.06. The molecular weight excluding hydrogens is 1160 g/mol. The third-order valence-corrected chi connectivity index (χ3v) is 18.5. The van der Waals surface area contributed by atoms with Crippen LogP contribution in [-0.2, 0) is 94.9 Å². The number of benzene rings is 4. The fourth-order valence-electron chi connectivity index (χ4n) is 10.7. The van der Waals surface area contributed by atoms with E-state index in [1.807, 2.05) is 0 Å². The van der Waals surface area contributed by atoms with Crippen molar-refractivity contribution in [1.82, 2.24) is 5.06 Å². The number of Topliss-reactive ketones (excluding diaryl/α,β-unsaturated/α-hetero) is 1. The standard InChI is InChI=1S/C49H51N3O23S5/c1-48(2)39(50(15-5-7-43(55)75-52-41(53)12-13-42(52)54)35-10-8-29-31(44(35)48)21-27(77(61,62)63)23-37(29)79(67,68)69)25-33-46(56)34(47(33)57)26-40-49(3,14-6-20-76(58,59)60)45-32-22-28(78(64,65)66)24-38(80(70,71)72)30(32)9-11-36(45)51(40)16-17-74-19-18-73-4/h8-11,21-26H,5-7,12-20H2,1-4H3,(H5-,56,57,58,59,60,61,62,63,64,65,66,67,68,69,70,71,72)/p+1. The molecule has 1 saturated heterocycles. The SMILES string of the molecule is COCCOCCN1C(=CC2=C(O)C(=CC3=[N+](CCCC(=O)ON4C(=O)CCC4=O)c4ccc5c(S(=O)(=O)O)cc(S(=O)(=O)O)cc5c4C3(C)C)C2=O)C(C)(CCCS(=O)(=O)O)c2c1ccc1c(S(=O)(=O)O)cc(S(=O)(=O)O)cc21. The average molecular weight is 1210 g/mol. The molecule has 4 aromatic carbocycles. The number of ketones is 1. The van der Waals surface area contributed by atoms with E-state index in [0.717, 1.165) is 12.1 Å². The van der Waals surface area contributed by atoms with Gasteiger partial charge < -0.3 is 24.3 Å². The van der Waals surface area contributed by atoms with E-state index in [4.69, 9.17) is 14.3 Å². The first-order chi connectivity index (χ1) is 37.0. The van der Waals surface area contributed by atoms with Gasteiger partial charge >= 0.3 is 5.97 Å². The van der Waals surface area contributed by atoms with Crippen molar-refractivity contribution in [2.75, 3.05) is 50.7 Å². The Balaban J connectivity index is 1.32. The lowest BCUT2D eigenvalue weighted by Crippen LogP contribution is -2.34. The Morgan fingerprint density at radius 2 is 1.26 bits per heavy atom. The summed E-state index contributed by atoms with van der Waals surface area (Å²) in [7, 11) is -24.0. The molecule has 3 aliphatic heterocycles. The van der Waals surface area contributed by atoms with Crippen LogP contribution in [0.2, 0.25) is 0 Å². The number of anilines is 1. The van der Waals surface area contributed by atoms with Crippen LogP contribution in [0.1, 0.15) is 70.4 Å². The Kier molecular flexibility index (Phi) is 15.8. The number of aliphatic hydroxyl groups is 1. The van der Waals surface area contributed by atoms with E-state index in [1.54, 1.807) is 23.3 Å². The monoisotopic (exact) mass is 1210 g/mol. The zero-order valence-corrected chi connectivity index (χ0v) is 46.8. The number of aliphatic hydroxyl groups excluding tert-OH is 1. The van der Waals surface area contributed by atoms with Gasteiger partial charge in [-0.25, -0.2) is 4.79 Å². The van der Waals surface area contributed by atoms with Gasteiger partial charge in [-0.05, 0) is 92.4 Å². The first kappa shape index (κ1) is 59.8. The van der Waals surface area contributed by atoms with E-state index in [9.17, 15) is 89.1 Å². The molecule has 0 aromatic heterocycles. The molecule has 6 N–H and O–H groups in total. The zero-order valence-electron chi connectivity index (χ0n) is 42.8. The number of hydrogen-bond acceptors (Lipinski definition) is 19. The van der Waals surface area contributed by atoms with Gasteiger partial charge in [-0.1, -0.05) is 6.07 Å². The van der Waals surface area contributed by atoms with Crippen molar-refractivity contribution < 1.29 is 108 Å². The number of imide groups is 1. The maximum Gasteiger partial charge on any atom is 0.333 e. The van der Waals surface area contributed by atoms with Crippen LogP contribution in [0.25, 0.3) is 21.5 Å². The van der Waals surface area contributed by atoms with Gasteiger partial charge in [0.25, 0.3) is 62.4 Å². The zero-order chi connectivity index (χ0) is 59.0. The Hall–Kier alpha value is -6.36. The molecular formula is C49H52N3O23S5+. The lowest BCUT2D eigenvalue weighted by atomic mass is 9.74. The Morgan fingerprint density at radius 1 is 0.700 bits per heavy atom. The Bertz CT molecular complexity index is 4110. The van der Waals surface area contributed by atoms with Crippen molar-refractivity contribution in [2.24, 2.45) is 0 Å². The maximum atomic E-state index is 14.7. The quantitative estimate of drug-likeness (QED) is 0.0225. The van der Waals surface area contributed by atoms with Crippen LogP contribution in [0.3, 0.4) is 0 Å². The molecule has 4 aliphatic rings. The highest BCUT2D eigenvalue weighted by Crippen LogP contribution is 2.55. The predicted molar refractivity (Wildman–Crippen MR) is 280 cm³/mol. The molecule has 31 heteroatoms. The third kappa shape index (κ3) is 11.3. The van der Waals surface area contributed by atoms with Gasteiger partial charge in [0.1, 0.15) is 22.1 Å². The minimum atomic E-state index is -5.23. The second-order valence-corrected chi connectivity index (χ2v) is 27.0. The highest BCUT2D eigenvalue weighted by atomic mass is 32.2. The van der Waals surface area contributed by atoms with Crippen LogP contribution in [-0.4, -0.2) is 155 Å². The van der Waals surface area contributed by atoms with Crippen LogP contribution in [0.15, 0.2) is 103 Å². The van der Waals surface area contributed by atoms with Gasteiger partial charge in [-0.3, -0.25) is 37.1 Å². The topological polar surface area (TPSA) is 398 Å². The third-order valence-electron chi connectivity index (χ3n) is 14.3. The summed E-state index contributed by atoms with van der Waals surface area (Å²) >= 11 is 0. The number of carbonyl (C=O) groups is 4. The maximum absolute atomic E-state index is 14.7. The number of ether oxygens (including phenoxy) is 2. The van der Waals surface area contributed by atoms with Crippen LogP contribution < -0.4 is 4.90 Å². The molecule has 2 amide bonds. The summed E-state index contributed by atoms with van der Waals surface area (Å²) in [6.07, 6.45) is 1.11. The molecule has 1 unspecified atom stereocenters. The Labute approximate surface area is 458 Å². The van der Waals surface area contributed by atoms with Crippen LogP contribution in [0.4, 0.5) is 11.4 Å². The number of allylic oxidation sites excluding steroid dienone is 5. The first-order valence-corrected chi connectivity index (χ1v) is 31.4. The van der Waals surface area contributed by atoms with Crippen molar-refractivity contribution in [1.29, 1.82) is 0 Å². The average Bonchev–Trinajstić information content (AvgIpc) is 3.88. The van der Waals surface area contributed by atoms with Gasteiger partial charge in [0.05, 0.1) is 58.3 Å². The van der Waals surface area contributed by atoms with Crippen LogP contribution >= 0.6 is 0 Å². The largest absolute Gasteiger partial charge is 0.506 e. The number of nitrogens with zero attached hydrogens (tertiary/aromatic N) is 3. The fraction of sp³-hybridized carbons (Fsp3) is 0.367. The number of rotatable bonds is 21. The van der Waals surface area contributed by atoms with Gasteiger partial charge in [0, 0.05) is 78.2 Å². The second kappa shape index (κ2) is 21.2.